The second kappa shape index (κ2) is 8.82. The Morgan fingerprint density at radius 2 is 2.00 bits per heavy atom. The lowest BCUT2D eigenvalue weighted by molar-refractivity contribution is 0.340. The number of aromatic amines is 1. The summed E-state index contributed by atoms with van der Waals surface area (Å²) in [6.07, 6.45) is 4.64. The van der Waals surface area contributed by atoms with Gasteiger partial charge >= 0.3 is 0 Å². The lowest BCUT2D eigenvalue weighted by Gasteiger charge is -2.09. The zero-order chi connectivity index (χ0) is 22.8. The Balaban J connectivity index is 1.25. The first-order valence-electron chi connectivity index (χ1n) is 11.1. The Bertz CT molecular complexity index is 1420. The van der Waals surface area contributed by atoms with E-state index in [0.717, 1.165) is 45.8 Å². The molecule has 0 bridgehead atoms. The van der Waals surface area contributed by atoms with Crippen molar-refractivity contribution in [1.82, 2.24) is 24.7 Å². The molecular weight excluding hydrogens is 414 g/mol. The van der Waals surface area contributed by atoms with Crippen LogP contribution in [0.25, 0.3) is 21.8 Å². The van der Waals surface area contributed by atoms with E-state index < -0.39 is 0 Å². The van der Waals surface area contributed by atoms with Gasteiger partial charge in [-0.05, 0) is 68.3 Å². The number of hydrogen-bond donors (Lipinski definition) is 3. The third-order valence-electron chi connectivity index (χ3n) is 5.79. The topological polar surface area (TPSA) is 92.7 Å². The van der Waals surface area contributed by atoms with E-state index in [1.54, 1.807) is 6.20 Å². The fourth-order valence-corrected chi connectivity index (χ4v) is 4.00. The molecule has 5 aromatic rings. The molecule has 0 unspecified atom stereocenters. The highest BCUT2D eigenvalue weighted by Gasteiger charge is 2.08. The zero-order valence-corrected chi connectivity index (χ0v) is 19.0. The third-order valence-corrected chi connectivity index (χ3v) is 5.79. The van der Waals surface area contributed by atoms with Crippen LogP contribution in [0.2, 0.25) is 0 Å². The molecule has 3 aromatic heterocycles. The van der Waals surface area contributed by atoms with Gasteiger partial charge in [0.15, 0.2) is 0 Å². The first kappa shape index (κ1) is 20.8. The van der Waals surface area contributed by atoms with Crippen molar-refractivity contribution in [3.63, 3.8) is 0 Å². The minimum Gasteiger partial charge on any atom is -0.494 e. The number of hydrogen-bond acceptors (Lipinski definition) is 6. The number of fused-ring (bicyclic) bond motifs is 2. The van der Waals surface area contributed by atoms with E-state index in [1.165, 1.54) is 10.9 Å². The molecule has 8 nitrogen and oxygen atoms in total. The van der Waals surface area contributed by atoms with Gasteiger partial charge in [-0.15, -0.1) is 0 Å². The monoisotopic (exact) mass is 441 g/mol. The van der Waals surface area contributed by atoms with Gasteiger partial charge in [0.2, 0.25) is 5.95 Å². The minimum absolute atomic E-state index is 0.588. The van der Waals surface area contributed by atoms with Crippen LogP contribution in [0.15, 0.2) is 54.9 Å². The predicted octanol–water partition coefficient (Wildman–Crippen LogP) is 4.95. The number of ether oxygens (including phenoxy) is 1. The average molecular weight is 442 g/mol. The number of rotatable bonds is 8. The summed E-state index contributed by atoms with van der Waals surface area (Å²) in [5, 5.41) is 13.6. The van der Waals surface area contributed by atoms with E-state index >= 15 is 0 Å². The van der Waals surface area contributed by atoms with Gasteiger partial charge in [0.05, 0.1) is 12.1 Å². The average Bonchev–Trinajstić information content (AvgIpc) is 3.34. The number of H-pyrrole nitrogens is 1. The van der Waals surface area contributed by atoms with Gasteiger partial charge in [-0.2, -0.15) is 10.1 Å². The molecule has 2 aromatic carbocycles. The van der Waals surface area contributed by atoms with Crippen LogP contribution in [0.1, 0.15) is 18.2 Å². The fraction of sp³-hybridized carbons (Fsp3) is 0.240. The van der Waals surface area contributed by atoms with Gasteiger partial charge in [-0.25, -0.2) is 4.98 Å². The summed E-state index contributed by atoms with van der Waals surface area (Å²) in [5.41, 5.74) is 5.38. The maximum absolute atomic E-state index is 5.64. The van der Waals surface area contributed by atoms with Gasteiger partial charge in [0.1, 0.15) is 11.6 Å². The van der Waals surface area contributed by atoms with Crippen molar-refractivity contribution in [2.24, 2.45) is 7.05 Å². The number of aromatic nitrogens is 5. The smallest absolute Gasteiger partial charge is 0.224 e. The first-order chi connectivity index (χ1) is 16.1. The lowest BCUT2D eigenvalue weighted by atomic mass is 10.1. The Labute approximate surface area is 192 Å². The van der Waals surface area contributed by atoms with Crippen molar-refractivity contribution in [2.45, 2.75) is 20.3 Å². The van der Waals surface area contributed by atoms with Gasteiger partial charge in [-0.1, -0.05) is 0 Å². The molecule has 0 fully saturated rings. The minimum atomic E-state index is 0.588. The Hall–Kier alpha value is -4.07. The summed E-state index contributed by atoms with van der Waals surface area (Å²) >= 11 is 0. The first-order valence-corrected chi connectivity index (χ1v) is 11.1. The van der Waals surface area contributed by atoms with E-state index in [0.29, 0.717) is 19.1 Å². The molecule has 0 atom stereocenters. The molecule has 33 heavy (non-hydrogen) atoms. The van der Waals surface area contributed by atoms with Crippen LogP contribution in [-0.2, 0) is 13.5 Å². The van der Waals surface area contributed by atoms with Crippen molar-refractivity contribution in [3.05, 3.63) is 66.1 Å². The van der Waals surface area contributed by atoms with E-state index in [9.17, 15) is 0 Å². The van der Waals surface area contributed by atoms with Crippen LogP contribution in [0, 0.1) is 6.92 Å². The molecule has 168 valence electrons. The summed E-state index contributed by atoms with van der Waals surface area (Å²) in [5.74, 6) is 2.21. The molecular formula is C25H27N7O. The highest BCUT2D eigenvalue weighted by molar-refractivity contribution is 5.86. The second-order valence-corrected chi connectivity index (χ2v) is 7.96. The number of nitrogens with zero attached hydrogens (tertiary/aromatic N) is 4. The predicted molar refractivity (Wildman–Crippen MR) is 132 cm³/mol. The van der Waals surface area contributed by atoms with Crippen LogP contribution in [0.5, 0.6) is 5.75 Å². The van der Waals surface area contributed by atoms with Crippen LogP contribution >= 0.6 is 0 Å². The van der Waals surface area contributed by atoms with E-state index in [4.69, 9.17) is 4.74 Å². The van der Waals surface area contributed by atoms with Gasteiger partial charge < -0.3 is 20.4 Å². The highest BCUT2D eigenvalue weighted by Crippen LogP contribution is 2.25. The normalized spacial score (nSPS) is 11.2. The molecule has 0 aliphatic carbocycles. The van der Waals surface area contributed by atoms with Gasteiger partial charge in [-0.3, -0.25) is 4.68 Å². The summed E-state index contributed by atoms with van der Waals surface area (Å²) < 4.78 is 7.54. The zero-order valence-electron chi connectivity index (χ0n) is 19.0. The Kier molecular flexibility index (Phi) is 5.56. The van der Waals surface area contributed by atoms with Crippen molar-refractivity contribution in [2.75, 3.05) is 23.8 Å². The molecule has 3 heterocycles. The molecule has 0 spiro atoms. The molecule has 0 amide bonds. The molecule has 0 saturated heterocycles. The molecule has 3 N–H and O–H groups in total. The van der Waals surface area contributed by atoms with E-state index in [1.807, 2.05) is 42.9 Å². The van der Waals surface area contributed by atoms with Gasteiger partial charge in [0, 0.05) is 53.7 Å². The standard InChI is InChI=1S/C25H27N7O/c1-4-33-19-6-8-22-21(14-19)17(15-28-22)9-11-26-25-27-12-10-24(30-25)29-18-5-7-20-16(2)32(3)31-23(20)13-18/h5-8,10,12-15,28H,4,9,11H2,1-3H3,(H2,26,27,29,30). The molecule has 8 heteroatoms. The second-order valence-electron chi connectivity index (χ2n) is 7.96. The Morgan fingerprint density at radius 3 is 2.88 bits per heavy atom. The van der Waals surface area contributed by atoms with Crippen molar-refractivity contribution in [3.8, 4) is 5.75 Å². The summed E-state index contributed by atoms with van der Waals surface area (Å²) in [6.45, 7) is 5.43. The molecule has 5 rings (SSSR count). The Morgan fingerprint density at radius 1 is 1.09 bits per heavy atom. The summed E-state index contributed by atoms with van der Waals surface area (Å²) in [6, 6.07) is 14.1. The number of aryl methyl sites for hydroxylation is 2. The molecule has 0 aliphatic rings. The van der Waals surface area contributed by atoms with Crippen LogP contribution in [-0.4, -0.2) is 37.9 Å². The summed E-state index contributed by atoms with van der Waals surface area (Å²) in [7, 11) is 1.96. The maximum atomic E-state index is 5.64. The van der Waals surface area contributed by atoms with Crippen molar-refractivity contribution in [1.29, 1.82) is 0 Å². The third kappa shape index (κ3) is 4.32. The van der Waals surface area contributed by atoms with Crippen molar-refractivity contribution < 1.29 is 4.74 Å². The van der Waals surface area contributed by atoms with Crippen LogP contribution in [0.4, 0.5) is 17.5 Å². The number of benzene rings is 2. The number of anilines is 3. The van der Waals surface area contributed by atoms with Crippen LogP contribution in [0.3, 0.4) is 0 Å². The summed E-state index contributed by atoms with van der Waals surface area (Å²) in [4.78, 5) is 12.3. The molecule has 0 aliphatic heterocycles. The number of nitrogens with one attached hydrogen (secondary N) is 3. The maximum Gasteiger partial charge on any atom is 0.224 e. The fourth-order valence-electron chi connectivity index (χ4n) is 4.00. The van der Waals surface area contributed by atoms with Gasteiger partial charge in [0.25, 0.3) is 0 Å². The quantitative estimate of drug-likeness (QED) is 0.316. The van der Waals surface area contributed by atoms with Crippen molar-refractivity contribution >= 4 is 39.3 Å². The molecule has 0 saturated carbocycles. The SMILES string of the molecule is CCOc1ccc2[nH]cc(CCNc3nccc(Nc4ccc5c(C)n(C)nc5c4)n3)c2c1. The van der Waals surface area contributed by atoms with E-state index in [2.05, 4.69) is 62.0 Å². The lowest BCUT2D eigenvalue weighted by Crippen LogP contribution is -2.08. The molecule has 0 radical (unpaired) electrons. The highest BCUT2D eigenvalue weighted by atomic mass is 16.5. The largest absolute Gasteiger partial charge is 0.494 e. The van der Waals surface area contributed by atoms with E-state index in [-0.39, 0.29) is 0 Å². The van der Waals surface area contributed by atoms with Crippen LogP contribution < -0.4 is 15.4 Å².